The van der Waals surface area contributed by atoms with Gasteiger partial charge in [-0.05, 0) is 60.2 Å². The molecule has 0 bridgehead atoms. The number of hydrogen-bond donors (Lipinski definition) is 0. The predicted octanol–water partition coefficient (Wildman–Crippen LogP) is 5.23. The van der Waals surface area contributed by atoms with E-state index in [0.717, 1.165) is 33.1 Å². The van der Waals surface area contributed by atoms with Crippen molar-refractivity contribution in [1.29, 1.82) is 0 Å². The summed E-state index contributed by atoms with van der Waals surface area (Å²) in [5.74, 6) is 1.32. The van der Waals surface area contributed by atoms with Gasteiger partial charge >= 0.3 is 0 Å². The van der Waals surface area contributed by atoms with Gasteiger partial charge in [0.1, 0.15) is 11.6 Å². The molecule has 0 saturated heterocycles. The molecule has 0 fully saturated rings. The first-order chi connectivity index (χ1) is 15.5. The summed E-state index contributed by atoms with van der Waals surface area (Å²) in [6, 6.07) is 24.2. The van der Waals surface area contributed by atoms with Crippen molar-refractivity contribution < 1.29 is 17.3 Å². The van der Waals surface area contributed by atoms with Crippen LogP contribution < -0.4 is 4.74 Å². The molecular formula is C25H20N2O4S. The number of pyridine rings is 1. The lowest BCUT2D eigenvalue weighted by Gasteiger charge is -2.10. The van der Waals surface area contributed by atoms with Crippen LogP contribution in [0.2, 0.25) is 0 Å². The van der Waals surface area contributed by atoms with Gasteiger partial charge in [-0.2, -0.15) is 8.42 Å². The summed E-state index contributed by atoms with van der Waals surface area (Å²) in [7, 11) is -3.88. The van der Waals surface area contributed by atoms with Crippen molar-refractivity contribution in [2.45, 2.75) is 11.8 Å². The summed E-state index contributed by atoms with van der Waals surface area (Å²) in [5.41, 5.74) is 2.06. The molecule has 6 nitrogen and oxygen atoms in total. The normalized spacial score (nSPS) is 11.8. The van der Waals surface area contributed by atoms with E-state index in [1.54, 1.807) is 24.4 Å². The lowest BCUT2D eigenvalue weighted by Crippen LogP contribution is -2.11. The predicted molar refractivity (Wildman–Crippen MR) is 124 cm³/mol. The minimum absolute atomic E-state index is 0.0967. The van der Waals surface area contributed by atoms with E-state index >= 15 is 0 Å². The van der Waals surface area contributed by atoms with Crippen molar-refractivity contribution in [2.75, 3.05) is 6.79 Å². The molecule has 2 aromatic heterocycles. The third kappa shape index (κ3) is 3.95. The molecule has 0 spiro atoms. The Kier molecular flexibility index (Phi) is 5.13. The van der Waals surface area contributed by atoms with E-state index in [9.17, 15) is 8.42 Å². The zero-order valence-electron chi connectivity index (χ0n) is 17.3. The second-order valence-electron chi connectivity index (χ2n) is 7.44. The summed E-state index contributed by atoms with van der Waals surface area (Å²) in [6.07, 6.45) is 3.78. The van der Waals surface area contributed by atoms with Crippen LogP contribution in [-0.2, 0) is 14.3 Å². The first-order valence-electron chi connectivity index (χ1n) is 10.0. The average Bonchev–Trinajstić information content (AvgIpc) is 3.23. The summed E-state index contributed by atoms with van der Waals surface area (Å²) in [6.45, 7) is 1.47. The van der Waals surface area contributed by atoms with Gasteiger partial charge in [0.15, 0.2) is 0 Å². The number of hydrogen-bond acceptors (Lipinski definition) is 5. The summed E-state index contributed by atoms with van der Waals surface area (Å²) in [5, 5.41) is 3.02. The molecule has 0 N–H and O–H groups in total. The molecule has 0 aliphatic rings. The summed E-state index contributed by atoms with van der Waals surface area (Å²) >= 11 is 0. The van der Waals surface area contributed by atoms with Crippen molar-refractivity contribution in [3.8, 4) is 11.6 Å². The van der Waals surface area contributed by atoms with E-state index in [4.69, 9.17) is 8.92 Å². The van der Waals surface area contributed by atoms with E-state index in [2.05, 4.69) is 23.2 Å². The highest BCUT2D eigenvalue weighted by atomic mass is 32.2. The molecule has 0 aliphatic carbocycles. The van der Waals surface area contributed by atoms with E-state index in [1.165, 1.54) is 12.1 Å². The fourth-order valence-electron chi connectivity index (χ4n) is 3.54. The molecule has 2 heterocycles. The fraction of sp³-hybridized carbons (Fsp3) is 0.0800. The topological polar surface area (TPSA) is 70.4 Å². The van der Waals surface area contributed by atoms with Crippen LogP contribution in [0, 0.1) is 6.92 Å². The van der Waals surface area contributed by atoms with Crippen LogP contribution >= 0.6 is 0 Å². The third-order valence-corrected chi connectivity index (χ3v) is 6.52. The molecule has 160 valence electrons. The Labute approximate surface area is 185 Å². The largest absolute Gasteiger partial charge is 0.466 e. The molecule has 0 amide bonds. The smallest absolute Gasteiger partial charge is 0.300 e. The number of aryl methyl sites for hydroxylation is 1. The highest BCUT2D eigenvalue weighted by Gasteiger charge is 2.15. The molecule has 5 aromatic rings. The Hall–Kier alpha value is -3.68. The second kappa shape index (κ2) is 8.11. The van der Waals surface area contributed by atoms with Crippen molar-refractivity contribution in [3.63, 3.8) is 0 Å². The lowest BCUT2D eigenvalue weighted by molar-refractivity contribution is 0.126. The molecular weight excluding hydrogens is 424 g/mol. The minimum atomic E-state index is -3.88. The van der Waals surface area contributed by atoms with Gasteiger partial charge in [-0.15, -0.1) is 0 Å². The second-order valence-corrected chi connectivity index (χ2v) is 9.06. The Morgan fingerprint density at radius 2 is 1.69 bits per heavy atom. The zero-order chi connectivity index (χ0) is 22.1. The van der Waals surface area contributed by atoms with E-state index in [1.807, 2.05) is 48.0 Å². The van der Waals surface area contributed by atoms with Gasteiger partial charge in [-0.1, -0.05) is 42.0 Å². The van der Waals surface area contributed by atoms with E-state index in [-0.39, 0.29) is 4.90 Å². The molecule has 0 unspecified atom stereocenters. The minimum Gasteiger partial charge on any atom is -0.466 e. The quantitative estimate of drug-likeness (QED) is 0.265. The SMILES string of the molecule is Cc1ccc(S(=O)(=O)OCOc2ccc3cc(-n4ccc5ccccc54)ncc3c2)cc1. The Morgan fingerprint density at radius 3 is 2.53 bits per heavy atom. The third-order valence-electron chi connectivity index (χ3n) is 5.26. The number of nitrogens with zero attached hydrogens (tertiary/aromatic N) is 2. The molecule has 3 aromatic carbocycles. The van der Waals surface area contributed by atoms with Gasteiger partial charge in [0.2, 0.25) is 6.79 Å². The fourth-order valence-corrected chi connectivity index (χ4v) is 4.32. The average molecular weight is 445 g/mol. The highest BCUT2D eigenvalue weighted by molar-refractivity contribution is 7.86. The maximum absolute atomic E-state index is 12.3. The number of benzene rings is 3. The van der Waals surface area contributed by atoms with Crippen LogP contribution in [0.4, 0.5) is 0 Å². The standard InChI is InChI=1S/C25H20N2O4S/c1-18-6-10-23(11-7-18)32(28,29)31-17-30-22-9-8-20-15-25(26-16-21(20)14-22)27-13-12-19-4-2-3-5-24(19)27/h2-16H,17H2,1H3. The van der Waals surface area contributed by atoms with Crippen molar-refractivity contribution in [2.24, 2.45) is 0 Å². The molecule has 0 atom stereocenters. The Bertz CT molecular complexity index is 1520. The van der Waals surface area contributed by atoms with Gasteiger partial charge in [0.05, 0.1) is 10.4 Å². The van der Waals surface area contributed by atoms with Gasteiger partial charge in [0, 0.05) is 17.8 Å². The molecule has 0 aliphatic heterocycles. The molecule has 0 saturated carbocycles. The first-order valence-corrected chi connectivity index (χ1v) is 11.5. The first kappa shape index (κ1) is 20.2. The van der Waals surface area contributed by atoms with Gasteiger partial charge in [-0.25, -0.2) is 9.17 Å². The van der Waals surface area contributed by atoms with Gasteiger partial charge in [0.25, 0.3) is 10.1 Å². The monoisotopic (exact) mass is 444 g/mol. The summed E-state index contributed by atoms with van der Waals surface area (Å²) in [4.78, 5) is 4.68. The highest BCUT2D eigenvalue weighted by Crippen LogP contribution is 2.25. The van der Waals surface area contributed by atoms with Crippen LogP contribution in [0.5, 0.6) is 5.75 Å². The number of aromatic nitrogens is 2. The lowest BCUT2D eigenvalue weighted by atomic mass is 10.1. The summed E-state index contributed by atoms with van der Waals surface area (Å²) < 4.78 is 37.1. The zero-order valence-corrected chi connectivity index (χ0v) is 18.1. The number of rotatable bonds is 6. The van der Waals surface area contributed by atoms with E-state index in [0.29, 0.717) is 5.75 Å². The maximum Gasteiger partial charge on any atom is 0.300 e. The maximum atomic E-state index is 12.3. The van der Waals surface area contributed by atoms with Crippen LogP contribution in [0.3, 0.4) is 0 Å². The Morgan fingerprint density at radius 1 is 0.875 bits per heavy atom. The van der Waals surface area contributed by atoms with Crippen molar-refractivity contribution in [1.82, 2.24) is 9.55 Å². The van der Waals surface area contributed by atoms with E-state index < -0.39 is 16.9 Å². The molecule has 7 heteroatoms. The van der Waals surface area contributed by atoms with Crippen molar-refractivity contribution in [3.05, 3.63) is 96.8 Å². The van der Waals surface area contributed by atoms with Crippen LogP contribution in [0.1, 0.15) is 5.56 Å². The van der Waals surface area contributed by atoms with Crippen LogP contribution in [0.25, 0.3) is 27.5 Å². The van der Waals surface area contributed by atoms with Crippen molar-refractivity contribution >= 4 is 31.8 Å². The van der Waals surface area contributed by atoms with Gasteiger partial charge < -0.3 is 9.30 Å². The van der Waals surface area contributed by atoms with Crippen LogP contribution in [-0.4, -0.2) is 24.8 Å². The van der Waals surface area contributed by atoms with Gasteiger partial charge in [-0.3, -0.25) is 0 Å². The molecule has 0 radical (unpaired) electrons. The number of para-hydroxylation sites is 1. The van der Waals surface area contributed by atoms with Crippen LogP contribution in [0.15, 0.2) is 96.2 Å². The molecule has 5 rings (SSSR count). The number of fused-ring (bicyclic) bond motifs is 2. The number of ether oxygens (including phenoxy) is 1. The Balaban J connectivity index is 1.32. The molecule has 32 heavy (non-hydrogen) atoms.